The maximum Gasteiger partial charge on any atom is 0.472 e. The molecule has 6 atom stereocenters. The van der Waals surface area contributed by atoms with E-state index in [2.05, 4.69) is 86.8 Å². The molecule has 12 nitrogen and oxygen atoms in total. The number of rotatable bonds is 45. The normalized spacial score (nSPS) is 21.7. The molecule has 0 radical (unpaired) electrons. The van der Waals surface area contributed by atoms with Crippen molar-refractivity contribution in [2.45, 2.75) is 249 Å². The van der Waals surface area contributed by atoms with Crippen LogP contribution in [0.2, 0.25) is 0 Å². The van der Waals surface area contributed by atoms with E-state index in [1.807, 2.05) is 0 Å². The molecule has 1 fully saturated rings. The molecule has 0 aromatic carbocycles. The first-order chi connectivity index (χ1) is 33.0. The molecule has 0 spiro atoms. The smallest absolute Gasteiger partial charge is 0.457 e. The maximum absolute atomic E-state index is 12.9. The first-order valence-corrected chi connectivity index (χ1v) is 28.3. The van der Waals surface area contributed by atoms with Gasteiger partial charge in [0, 0.05) is 13.0 Å². The molecule has 0 aromatic rings. The van der Waals surface area contributed by atoms with E-state index in [1.54, 1.807) is 0 Å². The lowest BCUT2D eigenvalue weighted by atomic mass is 9.85. The van der Waals surface area contributed by atoms with E-state index in [9.17, 15) is 39.8 Å². The van der Waals surface area contributed by atoms with Crippen LogP contribution < -0.4 is 0 Å². The van der Waals surface area contributed by atoms with Crippen molar-refractivity contribution in [2.24, 2.45) is 0 Å². The number of hydrogen-bond donors (Lipinski definition) is 6. The second kappa shape index (κ2) is 44.7. The van der Waals surface area contributed by atoms with Crippen molar-refractivity contribution in [3.8, 4) is 0 Å². The zero-order valence-corrected chi connectivity index (χ0v) is 43.3. The van der Waals surface area contributed by atoms with E-state index < -0.39 is 63.1 Å². The van der Waals surface area contributed by atoms with E-state index in [4.69, 9.17) is 18.5 Å². The molecule has 0 heterocycles. The van der Waals surface area contributed by atoms with Gasteiger partial charge in [-0.1, -0.05) is 209 Å². The number of phosphoric acid groups is 1. The second-order valence-corrected chi connectivity index (χ2v) is 19.8. The number of esters is 1. The van der Waals surface area contributed by atoms with Gasteiger partial charge in [-0.2, -0.15) is 0 Å². The molecule has 0 aliphatic heterocycles. The molecule has 0 bridgehead atoms. The Balaban J connectivity index is 2.36. The Kier molecular flexibility index (Phi) is 41.9. The largest absolute Gasteiger partial charge is 0.472 e. The topological polar surface area (TPSA) is 192 Å². The minimum atomic E-state index is -5.04. The molecule has 1 saturated carbocycles. The van der Waals surface area contributed by atoms with E-state index in [1.165, 1.54) is 109 Å². The monoisotopic (exact) mass is 981 g/mol. The highest BCUT2D eigenvalue weighted by Gasteiger charge is 2.51. The van der Waals surface area contributed by atoms with Gasteiger partial charge >= 0.3 is 13.8 Å². The molecule has 6 N–H and O–H groups in total. The maximum atomic E-state index is 12.9. The number of carbonyl (C=O) groups is 1. The van der Waals surface area contributed by atoms with Crippen molar-refractivity contribution in [3.63, 3.8) is 0 Å². The highest BCUT2D eigenvalue weighted by atomic mass is 31.2. The summed E-state index contributed by atoms with van der Waals surface area (Å²) in [5, 5.41) is 50.3. The zero-order chi connectivity index (χ0) is 49.8. The summed E-state index contributed by atoms with van der Waals surface area (Å²) in [7, 11) is -5.04. The van der Waals surface area contributed by atoms with E-state index in [0.717, 1.165) is 70.6 Å². The quantitative estimate of drug-likeness (QED) is 0.0147. The van der Waals surface area contributed by atoms with Gasteiger partial charge < -0.3 is 39.9 Å². The third-order valence-corrected chi connectivity index (χ3v) is 13.1. The summed E-state index contributed by atoms with van der Waals surface area (Å²) in [6, 6.07) is 0. The standard InChI is InChI=1S/C55H97O12P/c1-3-5-7-9-11-13-15-17-19-21-23-25-26-28-30-32-34-36-38-40-42-44-49(56)66-48(47-65-68(62,63)67-55-53(60)51(58)50(57)52(59)54(55)61)46-64-45-43-41-39-37-35-33-31-29-27-24-22-20-18-16-14-12-10-8-6-4-2/h5,7,11,13,17,19,23,25,28,30,34,36,48,50-55,57-61H,3-4,6,8-10,12,14-16,18,20-22,24,26-27,29,31-33,35,37-47H2,1-2H3,(H,62,63)/b7-5-,13-11-,19-17-,25-23-,30-28-,36-34-. The number of hydrogen-bond acceptors (Lipinski definition) is 11. The second-order valence-electron chi connectivity index (χ2n) is 18.4. The van der Waals surface area contributed by atoms with E-state index in [-0.39, 0.29) is 13.0 Å². The summed E-state index contributed by atoms with van der Waals surface area (Å²) in [6.07, 6.45) is 46.8. The van der Waals surface area contributed by atoms with Gasteiger partial charge in [-0.3, -0.25) is 13.8 Å². The van der Waals surface area contributed by atoms with Crippen LogP contribution in [-0.2, 0) is 27.9 Å². The number of unbranched alkanes of at least 4 members (excludes halogenated alkanes) is 21. The minimum Gasteiger partial charge on any atom is -0.457 e. The molecular weight excluding hydrogens is 884 g/mol. The van der Waals surface area contributed by atoms with Gasteiger partial charge in [-0.05, 0) is 64.2 Å². The lowest BCUT2D eigenvalue weighted by molar-refractivity contribution is -0.220. The molecule has 0 amide bonds. The Hall–Kier alpha value is -2.22. The van der Waals surface area contributed by atoms with Crippen LogP contribution in [0.5, 0.6) is 0 Å². The minimum absolute atomic E-state index is 0.0955. The molecule has 6 unspecified atom stereocenters. The molecule has 394 valence electrons. The third kappa shape index (κ3) is 35.8. The molecule has 1 aliphatic carbocycles. The average Bonchev–Trinajstić information content (AvgIpc) is 3.32. The van der Waals surface area contributed by atoms with Gasteiger partial charge in [0.2, 0.25) is 0 Å². The first kappa shape index (κ1) is 63.8. The molecule has 13 heteroatoms. The predicted molar refractivity (Wildman–Crippen MR) is 276 cm³/mol. The number of carbonyl (C=O) groups excluding carboxylic acids is 1. The van der Waals surface area contributed by atoms with Gasteiger partial charge in [0.05, 0.1) is 13.2 Å². The molecule has 68 heavy (non-hydrogen) atoms. The lowest BCUT2D eigenvalue weighted by Crippen LogP contribution is -2.64. The fourth-order valence-electron chi connectivity index (χ4n) is 7.89. The van der Waals surface area contributed by atoms with Crippen LogP contribution in [0, 0.1) is 0 Å². The Labute approximate surface area is 412 Å². The van der Waals surface area contributed by atoms with Crippen molar-refractivity contribution < 1.29 is 58.3 Å². The van der Waals surface area contributed by atoms with Gasteiger partial charge in [-0.15, -0.1) is 0 Å². The Morgan fingerprint density at radius 3 is 1.29 bits per heavy atom. The van der Waals surface area contributed by atoms with Crippen LogP contribution in [-0.4, -0.2) is 98.9 Å². The highest BCUT2D eigenvalue weighted by Crippen LogP contribution is 2.47. The zero-order valence-electron chi connectivity index (χ0n) is 42.4. The van der Waals surface area contributed by atoms with Crippen LogP contribution in [0.4, 0.5) is 0 Å². The highest BCUT2D eigenvalue weighted by molar-refractivity contribution is 7.47. The van der Waals surface area contributed by atoms with E-state index in [0.29, 0.717) is 13.0 Å². The van der Waals surface area contributed by atoms with Crippen LogP contribution in [0.3, 0.4) is 0 Å². The summed E-state index contributed by atoms with van der Waals surface area (Å²) in [4.78, 5) is 23.3. The average molecular weight is 981 g/mol. The summed E-state index contributed by atoms with van der Waals surface area (Å²) in [5.41, 5.74) is 0. The van der Waals surface area contributed by atoms with Gasteiger partial charge in [0.1, 0.15) is 42.7 Å². The number of allylic oxidation sites excluding steroid dienone is 12. The van der Waals surface area contributed by atoms with Crippen molar-refractivity contribution in [2.75, 3.05) is 19.8 Å². The first-order valence-electron chi connectivity index (χ1n) is 26.8. The number of aliphatic hydroxyl groups excluding tert-OH is 5. The Bertz CT molecular complexity index is 1400. The number of aliphatic hydroxyl groups is 5. The fraction of sp³-hybridized carbons (Fsp3) is 0.764. The van der Waals surface area contributed by atoms with Crippen molar-refractivity contribution in [1.82, 2.24) is 0 Å². The molecule has 1 rings (SSSR count). The summed E-state index contributed by atoms with van der Waals surface area (Å²) >= 11 is 0. The fourth-order valence-corrected chi connectivity index (χ4v) is 8.86. The van der Waals surface area contributed by atoms with E-state index >= 15 is 0 Å². The van der Waals surface area contributed by atoms with Crippen LogP contribution >= 0.6 is 7.82 Å². The van der Waals surface area contributed by atoms with Crippen LogP contribution in [0.15, 0.2) is 72.9 Å². The summed E-state index contributed by atoms with van der Waals surface area (Å²) in [6.45, 7) is 4.12. The van der Waals surface area contributed by atoms with Crippen LogP contribution in [0.25, 0.3) is 0 Å². The van der Waals surface area contributed by atoms with Crippen molar-refractivity contribution in [1.29, 1.82) is 0 Å². The van der Waals surface area contributed by atoms with Gasteiger partial charge in [-0.25, -0.2) is 4.57 Å². The molecule has 1 aliphatic rings. The Morgan fingerprint density at radius 2 is 0.868 bits per heavy atom. The molecular formula is C55H97O12P. The van der Waals surface area contributed by atoms with Crippen LogP contribution in [0.1, 0.15) is 206 Å². The van der Waals surface area contributed by atoms with Crippen molar-refractivity contribution >= 4 is 13.8 Å². The summed E-state index contributed by atoms with van der Waals surface area (Å²) in [5.74, 6) is -0.518. The lowest BCUT2D eigenvalue weighted by Gasteiger charge is -2.41. The van der Waals surface area contributed by atoms with Gasteiger partial charge in [0.15, 0.2) is 0 Å². The third-order valence-electron chi connectivity index (χ3n) is 12.1. The van der Waals surface area contributed by atoms with Crippen molar-refractivity contribution in [3.05, 3.63) is 72.9 Å². The molecule has 0 aromatic heterocycles. The predicted octanol–water partition coefficient (Wildman–Crippen LogP) is 12.3. The Morgan fingerprint density at radius 1 is 0.485 bits per heavy atom. The number of phosphoric ester groups is 1. The van der Waals surface area contributed by atoms with Gasteiger partial charge in [0.25, 0.3) is 0 Å². The molecule has 0 saturated heterocycles. The SMILES string of the molecule is CC/C=C\C/C=C\C/C=C\C/C=C\C/C=C\C/C=C\CCCCC(=O)OC(COCCCCCCCCCCCCCCCCCCCCCC)COP(=O)(O)OC1C(O)C(O)C(O)C(O)C1O. The summed E-state index contributed by atoms with van der Waals surface area (Å²) < 4.78 is 34.3. The number of ether oxygens (including phenoxy) is 2.